The van der Waals surface area contributed by atoms with E-state index < -0.39 is 0 Å². The Morgan fingerprint density at radius 3 is 2.71 bits per heavy atom. The van der Waals surface area contributed by atoms with Gasteiger partial charge in [0.15, 0.2) is 12.4 Å². The normalized spacial score (nSPS) is 33.1. The molecule has 2 aliphatic heterocycles. The van der Waals surface area contributed by atoms with Crippen molar-refractivity contribution in [3.63, 3.8) is 0 Å². The summed E-state index contributed by atoms with van der Waals surface area (Å²) in [5, 5.41) is 0. The van der Waals surface area contributed by atoms with Crippen LogP contribution in [0.25, 0.3) is 0 Å². The molecule has 3 unspecified atom stereocenters. The molecule has 1 aromatic rings. The van der Waals surface area contributed by atoms with Crippen LogP contribution in [0.2, 0.25) is 0 Å². The van der Waals surface area contributed by atoms with Crippen molar-refractivity contribution in [2.75, 3.05) is 0 Å². The van der Waals surface area contributed by atoms with Crippen LogP contribution in [0.3, 0.4) is 0 Å². The molecule has 14 heavy (non-hydrogen) atoms. The van der Waals surface area contributed by atoms with Gasteiger partial charge in [-0.3, -0.25) is 0 Å². The van der Waals surface area contributed by atoms with E-state index in [0.717, 1.165) is 14.7 Å². The van der Waals surface area contributed by atoms with Crippen LogP contribution in [0.15, 0.2) is 27.1 Å². The number of fused-ring (bicyclic) bond motifs is 1. The lowest BCUT2D eigenvalue weighted by molar-refractivity contribution is -0.152. The number of halogens is 2. The molecule has 2 saturated heterocycles. The van der Waals surface area contributed by atoms with E-state index >= 15 is 0 Å². The third-order valence-electron chi connectivity index (χ3n) is 2.18. The molecule has 0 radical (unpaired) electrons. The van der Waals surface area contributed by atoms with E-state index in [4.69, 9.17) is 14.2 Å². The lowest BCUT2D eigenvalue weighted by Crippen LogP contribution is -2.38. The van der Waals surface area contributed by atoms with Crippen molar-refractivity contribution < 1.29 is 14.2 Å². The Morgan fingerprint density at radius 1 is 1.21 bits per heavy atom. The quantitative estimate of drug-likeness (QED) is 0.785. The molecule has 0 amide bonds. The first-order valence-electron chi connectivity index (χ1n) is 4.17. The van der Waals surface area contributed by atoms with Crippen molar-refractivity contribution >= 4 is 31.9 Å². The minimum absolute atomic E-state index is 0.00840. The predicted octanol–water partition coefficient (Wildman–Crippen LogP) is 2.67. The van der Waals surface area contributed by atoms with Crippen LogP contribution in [0.5, 0.6) is 5.75 Å². The van der Waals surface area contributed by atoms with Crippen LogP contribution >= 0.6 is 31.9 Å². The number of ether oxygens (including phenoxy) is 3. The van der Waals surface area contributed by atoms with Gasteiger partial charge in [0.1, 0.15) is 5.75 Å². The number of rotatable bonds is 2. The smallest absolute Gasteiger partial charge is 0.234 e. The molecule has 3 atom stereocenters. The van der Waals surface area contributed by atoms with Crippen LogP contribution in [0.4, 0.5) is 0 Å². The first-order valence-corrected chi connectivity index (χ1v) is 5.76. The maximum Gasteiger partial charge on any atom is 0.234 e. The fourth-order valence-corrected chi connectivity index (χ4v) is 2.03. The van der Waals surface area contributed by atoms with Crippen molar-refractivity contribution in [1.29, 1.82) is 0 Å². The molecule has 1 aromatic carbocycles. The maximum atomic E-state index is 5.59. The monoisotopic (exact) mass is 320 g/mol. The Labute approximate surface area is 97.6 Å². The number of hydrogen-bond acceptors (Lipinski definition) is 3. The average molecular weight is 322 g/mol. The van der Waals surface area contributed by atoms with Gasteiger partial charge in [0.05, 0.1) is 4.47 Å². The Bertz CT molecular complexity index is 382. The van der Waals surface area contributed by atoms with Crippen LogP contribution in [0, 0.1) is 0 Å². The summed E-state index contributed by atoms with van der Waals surface area (Å²) in [7, 11) is 0. The van der Waals surface area contributed by atoms with Crippen molar-refractivity contribution in [3.8, 4) is 5.75 Å². The van der Waals surface area contributed by atoms with Gasteiger partial charge < -0.3 is 14.2 Å². The predicted molar refractivity (Wildman–Crippen MR) is 56.0 cm³/mol. The number of benzene rings is 1. The zero-order valence-electron chi connectivity index (χ0n) is 6.94. The van der Waals surface area contributed by atoms with Gasteiger partial charge in [0.25, 0.3) is 0 Å². The van der Waals surface area contributed by atoms with E-state index in [2.05, 4.69) is 31.9 Å². The summed E-state index contributed by atoms with van der Waals surface area (Å²) in [6.07, 6.45) is -0.114. The molecule has 2 aliphatic rings. The summed E-state index contributed by atoms with van der Waals surface area (Å²) >= 11 is 6.83. The van der Waals surface area contributed by atoms with Crippen molar-refractivity contribution in [2.45, 2.75) is 18.7 Å². The Balaban J connectivity index is 1.78. The highest BCUT2D eigenvalue weighted by atomic mass is 79.9. The minimum atomic E-state index is -0.245. The van der Waals surface area contributed by atoms with Crippen LogP contribution < -0.4 is 4.74 Å². The van der Waals surface area contributed by atoms with Crippen molar-refractivity contribution in [2.24, 2.45) is 0 Å². The zero-order chi connectivity index (χ0) is 9.71. The molecule has 0 saturated carbocycles. The molecule has 3 nitrogen and oxygen atoms in total. The summed E-state index contributed by atoms with van der Waals surface area (Å²) in [6.45, 7) is 0. The van der Waals surface area contributed by atoms with Gasteiger partial charge in [-0.15, -0.1) is 0 Å². The first kappa shape index (κ1) is 9.15. The van der Waals surface area contributed by atoms with Crippen molar-refractivity contribution in [1.82, 2.24) is 0 Å². The van der Waals surface area contributed by atoms with Gasteiger partial charge in [0, 0.05) is 4.47 Å². The summed E-state index contributed by atoms with van der Waals surface area (Å²) in [5.74, 6) is 0.762. The zero-order valence-corrected chi connectivity index (χ0v) is 10.1. The highest BCUT2D eigenvalue weighted by Crippen LogP contribution is 2.42. The first-order chi connectivity index (χ1) is 6.75. The molecular weight excluding hydrogens is 316 g/mol. The number of epoxide rings is 1. The molecule has 0 aromatic heterocycles. The second-order valence-corrected chi connectivity index (χ2v) is 4.79. The van der Waals surface area contributed by atoms with E-state index in [9.17, 15) is 0 Å². The second-order valence-electron chi connectivity index (χ2n) is 3.14. The van der Waals surface area contributed by atoms with Gasteiger partial charge in [-0.2, -0.15) is 0 Å². The molecule has 3 rings (SSSR count). The lowest BCUT2D eigenvalue weighted by Gasteiger charge is -2.22. The molecule has 0 bridgehead atoms. The maximum absolute atomic E-state index is 5.59. The summed E-state index contributed by atoms with van der Waals surface area (Å²) in [4.78, 5) is 0. The molecule has 0 aliphatic carbocycles. The number of hydrogen-bond donors (Lipinski definition) is 0. The largest absolute Gasteiger partial charge is 0.461 e. The summed E-state index contributed by atoms with van der Waals surface area (Å²) in [5.41, 5.74) is 0. The lowest BCUT2D eigenvalue weighted by atomic mass is 10.3. The third kappa shape index (κ3) is 1.39. The summed E-state index contributed by atoms with van der Waals surface area (Å²) in [6, 6.07) is 5.73. The molecule has 5 heteroatoms. The van der Waals surface area contributed by atoms with E-state index in [-0.39, 0.29) is 18.7 Å². The summed E-state index contributed by atoms with van der Waals surface area (Å²) < 4.78 is 17.8. The van der Waals surface area contributed by atoms with Gasteiger partial charge >= 0.3 is 0 Å². The van der Waals surface area contributed by atoms with E-state index in [1.54, 1.807) is 0 Å². The minimum Gasteiger partial charge on any atom is -0.461 e. The average Bonchev–Trinajstić information content (AvgIpc) is 2.80. The topological polar surface area (TPSA) is 31.0 Å². The Morgan fingerprint density at radius 2 is 2.07 bits per heavy atom. The highest BCUT2D eigenvalue weighted by molar-refractivity contribution is 9.13. The Hall–Kier alpha value is -0.100. The Kier molecular flexibility index (Phi) is 2.09. The molecule has 0 N–H and O–H groups in total. The molecule has 2 heterocycles. The molecule has 0 spiro atoms. The standard InChI is InChI=1S/C9H6Br2O3/c10-4-2-1-3-5(6(4)11)12-8-7-9(13-7)14-8/h1-3,7-9H. The van der Waals surface area contributed by atoms with Gasteiger partial charge in [-0.1, -0.05) is 6.07 Å². The fraction of sp³-hybridized carbons (Fsp3) is 0.333. The van der Waals surface area contributed by atoms with Crippen LogP contribution in [0.1, 0.15) is 0 Å². The SMILES string of the molecule is Brc1cccc(OC2OC3OC23)c1Br. The highest BCUT2D eigenvalue weighted by Gasteiger charge is 2.60. The third-order valence-corrected chi connectivity index (χ3v) is 4.19. The second kappa shape index (κ2) is 3.20. The molecule has 74 valence electrons. The van der Waals surface area contributed by atoms with Crippen LogP contribution in [-0.2, 0) is 9.47 Å². The van der Waals surface area contributed by atoms with Crippen LogP contribution in [-0.4, -0.2) is 18.7 Å². The van der Waals surface area contributed by atoms with E-state index in [1.165, 1.54) is 0 Å². The van der Waals surface area contributed by atoms with Crippen molar-refractivity contribution in [3.05, 3.63) is 27.1 Å². The molecular formula is C9H6Br2O3. The van der Waals surface area contributed by atoms with Gasteiger partial charge in [-0.25, -0.2) is 0 Å². The van der Waals surface area contributed by atoms with E-state index in [1.807, 2.05) is 18.2 Å². The molecule has 2 fully saturated rings. The fourth-order valence-electron chi connectivity index (χ4n) is 1.33. The van der Waals surface area contributed by atoms with Gasteiger partial charge in [-0.05, 0) is 44.0 Å². The van der Waals surface area contributed by atoms with E-state index in [0.29, 0.717) is 0 Å². The van der Waals surface area contributed by atoms with Gasteiger partial charge in [0.2, 0.25) is 6.29 Å².